The summed E-state index contributed by atoms with van der Waals surface area (Å²) < 4.78 is 6.09. The van der Waals surface area contributed by atoms with Gasteiger partial charge < -0.3 is 4.74 Å². The van der Waals surface area contributed by atoms with E-state index in [4.69, 9.17) is 4.74 Å². The Hall–Kier alpha value is -2.64. The number of nitrogens with one attached hydrogen (secondary N) is 1. The van der Waals surface area contributed by atoms with Crippen molar-refractivity contribution in [3.63, 3.8) is 0 Å². The molecule has 0 aliphatic carbocycles. The van der Waals surface area contributed by atoms with Gasteiger partial charge in [-0.1, -0.05) is 12.1 Å². The third kappa shape index (κ3) is 3.95. The number of fused-ring (bicyclic) bond motifs is 1. The van der Waals surface area contributed by atoms with E-state index in [1.54, 1.807) is 18.3 Å². The number of H-pyrrole nitrogens is 1. The Labute approximate surface area is 156 Å². The number of non-ortho nitro benzene ring substituents is 1. The molecule has 1 aliphatic heterocycles. The molecule has 1 aromatic heterocycles. The van der Waals surface area contributed by atoms with E-state index in [1.807, 2.05) is 24.3 Å². The fraction of sp³-hybridized carbons (Fsp3) is 0.278. The zero-order chi connectivity index (χ0) is 17.2. The molecule has 26 heavy (non-hydrogen) atoms. The first-order valence-electron chi connectivity index (χ1n) is 8.23. The first kappa shape index (κ1) is 18.2. The van der Waals surface area contributed by atoms with Gasteiger partial charge in [-0.05, 0) is 30.2 Å². The van der Waals surface area contributed by atoms with Gasteiger partial charge in [0.25, 0.3) is 5.69 Å². The molecule has 136 valence electrons. The van der Waals surface area contributed by atoms with Crippen molar-refractivity contribution in [3.8, 4) is 5.75 Å². The van der Waals surface area contributed by atoms with Gasteiger partial charge in [-0.2, -0.15) is 5.10 Å². The first-order valence-corrected chi connectivity index (χ1v) is 8.23. The summed E-state index contributed by atoms with van der Waals surface area (Å²) in [6.45, 7) is 2.43. The average molecular weight is 375 g/mol. The lowest BCUT2D eigenvalue weighted by Crippen LogP contribution is -2.24. The molecule has 1 unspecified atom stereocenters. The second kappa shape index (κ2) is 7.72. The predicted octanol–water partition coefficient (Wildman–Crippen LogP) is 3.55. The zero-order valence-corrected chi connectivity index (χ0v) is 14.8. The van der Waals surface area contributed by atoms with E-state index in [0.717, 1.165) is 41.7 Å². The summed E-state index contributed by atoms with van der Waals surface area (Å²) in [6, 6.07) is 12.7. The molecule has 3 aromatic rings. The molecule has 0 bridgehead atoms. The molecule has 0 amide bonds. The molecule has 1 aliphatic rings. The van der Waals surface area contributed by atoms with Gasteiger partial charge in [0.2, 0.25) is 0 Å². The number of nitro groups is 1. The Morgan fingerprint density at radius 1 is 1.31 bits per heavy atom. The van der Waals surface area contributed by atoms with Crippen LogP contribution in [0.15, 0.2) is 48.7 Å². The van der Waals surface area contributed by atoms with Crippen LogP contribution in [0.4, 0.5) is 5.69 Å². The third-order valence-corrected chi connectivity index (χ3v) is 4.47. The highest BCUT2D eigenvalue weighted by Gasteiger charge is 2.24. The van der Waals surface area contributed by atoms with E-state index < -0.39 is 0 Å². The van der Waals surface area contributed by atoms with Crippen LogP contribution >= 0.6 is 12.4 Å². The van der Waals surface area contributed by atoms with Crippen molar-refractivity contribution < 1.29 is 9.66 Å². The molecule has 1 fully saturated rings. The Balaban J connectivity index is 0.00000196. The largest absolute Gasteiger partial charge is 0.489 e. The minimum absolute atomic E-state index is 0. The molecule has 0 spiro atoms. The van der Waals surface area contributed by atoms with Crippen molar-refractivity contribution in [3.05, 3.63) is 64.3 Å². The fourth-order valence-corrected chi connectivity index (χ4v) is 3.25. The zero-order valence-electron chi connectivity index (χ0n) is 14.0. The second-order valence-electron chi connectivity index (χ2n) is 6.31. The molecule has 1 N–H and O–H groups in total. The number of aromatic amines is 1. The normalized spacial score (nSPS) is 17.2. The maximum absolute atomic E-state index is 10.9. The minimum Gasteiger partial charge on any atom is -0.489 e. The molecule has 1 saturated heterocycles. The number of halogens is 1. The smallest absolute Gasteiger partial charge is 0.269 e. The van der Waals surface area contributed by atoms with Crippen molar-refractivity contribution in [1.82, 2.24) is 15.1 Å². The lowest BCUT2D eigenvalue weighted by Gasteiger charge is -2.17. The molecule has 0 radical (unpaired) electrons. The molecule has 2 aromatic carbocycles. The summed E-state index contributed by atoms with van der Waals surface area (Å²) in [5, 5.41) is 18.9. The molecule has 4 rings (SSSR count). The molecule has 1 atom stereocenters. The van der Waals surface area contributed by atoms with E-state index in [9.17, 15) is 10.1 Å². The molecule has 8 heteroatoms. The number of hydrogen-bond acceptors (Lipinski definition) is 5. The highest BCUT2D eigenvalue weighted by molar-refractivity contribution is 5.85. The Bertz CT molecular complexity index is 914. The third-order valence-electron chi connectivity index (χ3n) is 4.47. The summed E-state index contributed by atoms with van der Waals surface area (Å²) in [4.78, 5) is 12.8. The highest BCUT2D eigenvalue weighted by atomic mass is 35.5. The van der Waals surface area contributed by atoms with Crippen LogP contribution in [0.5, 0.6) is 5.75 Å². The topological polar surface area (TPSA) is 84.3 Å². The van der Waals surface area contributed by atoms with Crippen molar-refractivity contribution in [2.45, 2.75) is 19.1 Å². The molecular weight excluding hydrogens is 356 g/mol. The van der Waals surface area contributed by atoms with E-state index in [2.05, 4.69) is 15.1 Å². The van der Waals surface area contributed by atoms with Gasteiger partial charge in [0.1, 0.15) is 11.9 Å². The maximum Gasteiger partial charge on any atom is 0.269 e. The summed E-state index contributed by atoms with van der Waals surface area (Å²) >= 11 is 0. The van der Waals surface area contributed by atoms with Gasteiger partial charge in [-0.25, -0.2) is 0 Å². The van der Waals surface area contributed by atoms with Crippen LogP contribution < -0.4 is 4.74 Å². The van der Waals surface area contributed by atoms with Gasteiger partial charge in [0.05, 0.1) is 16.6 Å². The van der Waals surface area contributed by atoms with Crippen molar-refractivity contribution >= 4 is 29.0 Å². The van der Waals surface area contributed by atoms with Crippen LogP contribution in [0, 0.1) is 10.1 Å². The van der Waals surface area contributed by atoms with Crippen LogP contribution in [-0.4, -0.2) is 39.2 Å². The number of benzene rings is 2. The van der Waals surface area contributed by atoms with Crippen LogP contribution in [0.1, 0.15) is 12.0 Å². The number of likely N-dealkylation sites (tertiary alicyclic amines) is 1. The summed E-state index contributed by atoms with van der Waals surface area (Å²) in [5.41, 5.74) is 2.08. The summed E-state index contributed by atoms with van der Waals surface area (Å²) in [7, 11) is 0. The van der Waals surface area contributed by atoms with Gasteiger partial charge in [-0.15, -0.1) is 12.4 Å². The monoisotopic (exact) mass is 374 g/mol. The molecule has 7 nitrogen and oxygen atoms in total. The second-order valence-corrected chi connectivity index (χ2v) is 6.31. The number of aromatic nitrogens is 2. The van der Waals surface area contributed by atoms with Crippen LogP contribution in [0.25, 0.3) is 10.9 Å². The summed E-state index contributed by atoms with van der Waals surface area (Å²) in [5.74, 6) is 0.844. The summed E-state index contributed by atoms with van der Waals surface area (Å²) in [6.07, 6.45) is 2.85. The SMILES string of the molecule is Cl.O=[N+]([O-])c1cccc(CN2CCC(Oc3ccc4[nH]ncc4c3)C2)c1. The lowest BCUT2D eigenvalue weighted by atomic mass is 10.2. The Morgan fingerprint density at radius 2 is 2.19 bits per heavy atom. The Kier molecular flexibility index (Phi) is 5.39. The average Bonchev–Trinajstić information content (AvgIpc) is 3.24. The predicted molar refractivity (Wildman–Crippen MR) is 101 cm³/mol. The van der Waals surface area contributed by atoms with E-state index in [1.165, 1.54) is 6.07 Å². The first-order chi connectivity index (χ1) is 12.2. The number of rotatable bonds is 5. The lowest BCUT2D eigenvalue weighted by molar-refractivity contribution is -0.384. The van der Waals surface area contributed by atoms with Gasteiger partial charge in [-0.3, -0.25) is 20.1 Å². The molecule has 2 heterocycles. The minimum atomic E-state index is -0.356. The number of hydrogen-bond donors (Lipinski definition) is 1. The van der Waals surface area contributed by atoms with Crippen LogP contribution in [-0.2, 0) is 6.54 Å². The van der Waals surface area contributed by atoms with E-state index in [-0.39, 0.29) is 29.1 Å². The van der Waals surface area contributed by atoms with Gasteiger partial charge in [0.15, 0.2) is 0 Å². The number of nitrogens with zero attached hydrogens (tertiary/aromatic N) is 3. The van der Waals surface area contributed by atoms with Crippen LogP contribution in [0.3, 0.4) is 0 Å². The van der Waals surface area contributed by atoms with Gasteiger partial charge in [0, 0.05) is 37.2 Å². The quantitative estimate of drug-likeness (QED) is 0.545. The fourth-order valence-electron chi connectivity index (χ4n) is 3.25. The van der Waals surface area contributed by atoms with E-state index in [0.29, 0.717) is 6.54 Å². The number of ether oxygens (including phenoxy) is 1. The van der Waals surface area contributed by atoms with Crippen molar-refractivity contribution in [1.29, 1.82) is 0 Å². The van der Waals surface area contributed by atoms with Gasteiger partial charge >= 0.3 is 0 Å². The number of nitro benzene ring substituents is 1. The Morgan fingerprint density at radius 3 is 3.04 bits per heavy atom. The van der Waals surface area contributed by atoms with Crippen molar-refractivity contribution in [2.75, 3.05) is 13.1 Å². The van der Waals surface area contributed by atoms with Crippen molar-refractivity contribution in [2.24, 2.45) is 0 Å². The maximum atomic E-state index is 10.9. The van der Waals surface area contributed by atoms with E-state index >= 15 is 0 Å². The molecular formula is C18H19ClN4O3. The standard InChI is InChI=1S/C18H18N4O3.ClH/c23-22(24)15-3-1-2-13(8-15)11-21-7-6-17(12-21)25-16-4-5-18-14(9-16)10-19-20-18;/h1-5,8-10,17H,6-7,11-12H2,(H,19,20);1H. The highest BCUT2D eigenvalue weighted by Crippen LogP contribution is 2.24. The molecule has 0 saturated carbocycles. The van der Waals surface area contributed by atoms with Crippen LogP contribution in [0.2, 0.25) is 0 Å².